The topological polar surface area (TPSA) is 105 Å². The van der Waals surface area contributed by atoms with Crippen LogP contribution in [0.15, 0.2) is 78.9 Å². The number of carbonyl (C=O) groups is 4. The van der Waals surface area contributed by atoms with Crippen molar-refractivity contribution in [3.8, 4) is 5.75 Å². The van der Waals surface area contributed by atoms with Crippen LogP contribution in [0.25, 0.3) is 0 Å². The molecule has 0 bridgehead atoms. The van der Waals surface area contributed by atoms with Crippen molar-refractivity contribution in [1.82, 2.24) is 4.90 Å². The van der Waals surface area contributed by atoms with Gasteiger partial charge in [0.15, 0.2) is 0 Å². The van der Waals surface area contributed by atoms with Gasteiger partial charge in [-0.1, -0.05) is 30.3 Å². The number of carbonyl (C=O) groups excluding carboxylic acids is 4. The zero-order valence-corrected chi connectivity index (χ0v) is 19.8. The molecule has 1 fully saturated rings. The van der Waals surface area contributed by atoms with Gasteiger partial charge in [-0.2, -0.15) is 0 Å². The van der Waals surface area contributed by atoms with Crippen LogP contribution in [0.5, 0.6) is 5.75 Å². The second kappa shape index (κ2) is 10.7. The number of urea groups is 1. The van der Waals surface area contributed by atoms with Crippen molar-refractivity contribution in [2.45, 2.75) is 19.0 Å². The first-order valence-corrected chi connectivity index (χ1v) is 11.2. The largest absolute Gasteiger partial charge is 0.497 e. The molecule has 3 aromatic carbocycles. The minimum atomic E-state index is -0.992. The number of rotatable bonds is 8. The molecule has 0 saturated carbocycles. The van der Waals surface area contributed by atoms with Crippen LogP contribution in [-0.4, -0.2) is 49.0 Å². The van der Waals surface area contributed by atoms with Gasteiger partial charge in [-0.3, -0.25) is 9.59 Å². The van der Waals surface area contributed by atoms with Crippen molar-refractivity contribution in [1.29, 1.82) is 0 Å². The fourth-order valence-electron chi connectivity index (χ4n) is 3.95. The molecule has 1 aliphatic heterocycles. The predicted octanol–water partition coefficient (Wildman–Crippen LogP) is 3.85. The lowest BCUT2D eigenvalue weighted by atomic mass is 10.1. The number of anilines is 2. The SMILES string of the molecule is COC(=O)c1ccc(NC(=O)CC2C(=O)N(c3ccccc3)C(=O)N2Cc2ccc(OC)cc2)cc1. The van der Waals surface area contributed by atoms with Crippen LogP contribution in [-0.2, 0) is 20.9 Å². The Bertz CT molecular complexity index is 1260. The summed E-state index contributed by atoms with van der Waals surface area (Å²) in [5.74, 6) is -0.738. The van der Waals surface area contributed by atoms with Gasteiger partial charge in [-0.05, 0) is 54.1 Å². The number of nitrogens with one attached hydrogen (secondary N) is 1. The third-order valence-electron chi connectivity index (χ3n) is 5.81. The second-order valence-electron chi connectivity index (χ2n) is 8.10. The van der Waals surface area contributed by atoms with Gasteiger partial charge < -0.3 is 19.7 Å². The number of hydrogen-bond acceptors (Lipinski definition) is 6. The third kappa shape index (κ3) is 5.20. The van der Waals surface area contributed by atoms with Gasteiger partial charge in [-0.15, -0.1) is 0 Å². The second-order valence-corrected chi connectivity index (χ2v) is 8.10. The summed E-state index contributed by atoms with van der Waals surface area (Å²) in [5, 5.41) is 2.73. The normalized spacial score (nSPS) is 15.1. The molecule has 0 aliphatic carbocycles. The van der Waals surface area contributed by atoms with Crippen molar-refractivity contribution in [2.75, 3.05) is 24.4 Å². The highest BCUT2D eigenvalue weighted by Crippen LogP contribution is 2.29. The quantitative estimate of drug-likeness (QED) is 0.382. The lowest BCUT2D eigenvalue weighted by Gasteiger charge is -2.22. The molecule has 4 rings (SSSR count). The standard InChI is InChI=1S/C27H25N3O6/c1-35-22-14-8-18(9-15-22)17-29-23(25(32)30(27(29)34)21-6-4-3-5-7-21)16-24(31)28-20-12-10-19(11-13-20)26(33)36-2/h3-15,23H,16-17H2,1-2H3,(H,28,31). The summed E-state index contributed by atoms with van der Waals surface area (Å²) in [7, 11) is 2.85. The first-order valence-electron chi connectivity index (χ1n) is 11.2. The summed E-state index contributed by atoms with van der Waals surface area (Å²) in [6, 6.07) is 20.5. The summed E-state index contributed by atoms with van der Waals surface area (Å²) in [6.07, 6.45) is -0.233. The number of nitrogens with zero attached hydrogens (tertiary/aromatic N) is 2. The Morgan fingerprint density at radius 2 is 1.56 bits per heavy atom. The molecule has 184 valence electrons. The van der Waals surface area contributed by atoms with Crippen LogP contribution in [0.4, 0.5) is 16.2 Å². The zero-order chi connectivity index (χ0) is 25.7. The fraction of sp³-hybridized carbons (Fsp3) is 0.185. The summed E-state index contributed by atoms with van der Waals surface area (Å²) in [4.78, 5) is 53.7. The van der Waals surface area contributed by atoms with Gasteiger partial charge in [0.2, 0.25) is 5.91 Å². The molecule has 1 N–H and O–H groups in total. The van der Waals surface area contributed by atoms with E-state index in [1.165, 1.54) is 24.1 Å². The minimum absolute atomic E-state index is 0.143. The number of para-hydroxylation sites is 1. The maximum Gasteiger partial charge on any atom is 0.337 e. The van der Waals surface area contributed by atoms with Crippen LogP contribution in [0, 0.1) is 0 Å². The number of amides is 4. The Balaban J connectivity index is 1.55. The Hall–Kier alpha value is -4.66. The van der Waals surface area contributed by atoms with Crippen molar-refractivity contribution < 1.29 is 28.7 Å². The van der Waals surface area contributed by atoms with Crippen LogP contribution in [0.3, 0.4) is 0 Å². The number of imide groups is 1. The molecule has 36 heavy (non-hydrogen) atoms. The van der Waals surface area contributed by atoms with Crippen LogP contribution in [0.1, 0.15) is 22.3 Å². The highest BCUT2D eigenvalue weighted by Gasteiger charge is 2.46. The van der Waals surface area contributed by atoms with Gasteiger partial charge in [-0.25, -0.2) is 14.5 Å². The smallest absolute Gasteiger partial charge is 0.337 e. The minimum Gasteiger partial charge on any atom is -0.497 e. The first kappa shape index (κ1) is 24.5. The molecule has 0 spiro atoms. The predicted molar refractivity (Wildman–Crippen MR) is 133 cm³/mol. The molecule has 9 heteroatoms. The maximum atomic E-state index is 13.4. The molecule has 1 saturated heterocycles. The molecule has 9 nitrogen and oxygen atoms in total. The summed E-state index contributed by atoms with van der Waals surface area (Å²) in [6.45, 7) is 0.143. The molecular formula is C27H25N3O6. The Kier molecular flexibility index (Phi) is 7.29. The maximum absolute atomic E-state index is 13.4. The van der Waals surface area contributed by atoms with Crippen molar-refractivity contribution >= 4 is 35.2 Å². The van der Waals surface area contributed by atoms with Gasteiger partial charge in [0.25, 0.3) is 5.91 Å². The number of esters is 1. The highest BCUT2D eigenvalue weighted by atomic mass is 16.5. The van der Waals surface area contributed by atoms with Crippen molar-refractivity contribution in [3.05, 3.63) is 90.0 Å². The van der Waals surface area contributed by atoms with E-state index in [0.29, 0.717) is 22.7 Å². The summed E-state index contributed by atoms with van der Waals surface area (Å²) >= 11 is 0. The highest BCUT2D eigenvalue weighted by molar-refractivity contribution is 6.22. The van der Waals surface area contributed by atoms with Gasteiger partial charge >= 0.3 is 12.0 Å². The lowest BCUT2D eigenvalue weighted by molar-refractivity contribution is -0.124. The number of benzene rings is 3. The molecule has 1 aliphatic rings. The van der Waals surface area contributed by atoms with Crippen molar-refractivity contribution in [2.24, 2.45) is 0 Å². The van der Waals surface area contributed by atoms with E-state index in [-0.39, 0.29) is 13.0 Å². The van der Waals surface area contributed by atoms with Crippen LogP contribution >= 0.6 is 0 Å². The number of ether oxygens (including phenoxy) is 2. The van der Waals surface area contributed by atoms with E-state index in [0.717, 1.165) is 10.5 Å². The summed E-state index contributed by atoms with van der Waals surface area (Å²) < 4.78 is 9.86. The molecule has 4 amide bonds. The molecule has 1 unspecified atom stereocenters. The number of hydrogen-bond donors (Lipinski definition) is 1. The van der Waals surface area contributed by atoms with Gasteiger partial charge in [0.1, 0.15) is 11.8 Å². The molecule has 0 aromatic heterocycles. The lowest BCUT2D eigenvalue weighted by Crippen LogP contribution is -2.37. The van der Waals surface area contributed by atoms with E-state index < -0.39 is 29.9 Å². The van der Waals surface area contributed by atoms with E-state index in [1.54, 1.807) is 61.7 Å². The first-order chi connectivity index (χ1) is 17.4. The summed E-state index contributed by atoms with van der Waals surface area (Å²) in [5.41, 5.74) is 2.02. The van der Waals surface area contributed by atoms with E-state index in [9.17, 15) is 19.2 Å². The fourth-order valence-corrected chi connectivity index (χ4v) is 3.95. The van der Waals surface area contributed by atoms with E-state index in [1.807, 2.05) is 12.1 Å². The van der Waals surface area contributed by atoms with E-state index in [4.69, 9.17) is 4.74 Å². The molecule has 3 aromatic rings. The Labute approximate surface area is 208 Å². The van der Waals surface area contributed by atoms with Crippen molar-refractivity contribution in [3.63, 3.8) is 0 Å². The molecule has 0 radical (unpaired) electrons. The molecule has 1 atom stereocenters. The van der Waals surface area contributed by atoms with E-state index in [2.05, 4.69) is 10.1 Å². The third-order valence-corrected chi connectivity index (χ3v) is 5.81. The van der Waals surface area contributed by atoms with Gasteiger partial charge in [0.05, 0.1) is 31.9 Å². The monoisotopic (exact) mass is 487 g/mol. The van der Waals surface area contributed by atoms with E-state index >= 15 is 0 Å². The zero-order valence-electron chi connectivity index (χ0n) is 19.8. The average Bonchev–Trinajstić information content (AvgIpc) is 3.13. The molecular weight excluding hydrogens is 462 g/mol. The van der Waals surface area contributed by atoms with Crippen LogP contribution in [0.2, 0.25) is 0 Å². The average molecular weight is 488 g/mol. The molecule has 1 heterocycles. The van der Waals surface area contributed by atoms with Gasteiger partial charge in [0, 0.05) is 12.2 Å². The Morgan fingerprint density at radius 3 is 2.17 bits per heavy atom. The number of methoxy groups -OCH3 is 2. The Morgan fingerprint density at radius 1 is 0.889 bits per heavy atom. The van der Waals surface area contributed by atoms with Crippen LogP contribution < -0.4 is 15.0 Å².